The number of hydrogen-bond donors (Lipinski definition) is 2. The maximum absolute atomic E-state index is 11.9. The van der Waals surface area contributed by atoms with Crippen molar-refractivity contribution in [3.63, 3.8) is 0 Å². The molecule has 0 saturated heterocycles. The van der Waals surface area contributed by atoms with Crippen molar-refractivity contribution in [3.8, 4) is 0 Å². The van der Waals surface area contributed by atoms with E-state index in [1.807, 2.05) is 26.0 Å². The van der Waals surface area contributed by atoms with Gasteiger partial charge in [0, 0.05) is 5.02 Å². The Labute approximate surface area is 124 Å². The van der Waals surface area contributed by atoms with Gasteiger partial charge in [0.25, 0.3) is 0 Å². The van der Waals surface area contributed by atoms with Gasteiger partial charge in [-0.2, -0.15) is 0 Å². The van der Waals surface area contributed by atoms with Crippen LogP contribution in [0.15, 0.2) is 18.2 Å². The summed E-state index contributed by atoms with van der Waals surface area (Å²) in [5, 5.41) is 12.2. The highest BCUT2D eigenvalue weighted by Crippen LogP contribution is 2.20. The number of aliphatic carboxylic acids is 1. The lowest BCUT2D eigenvalue weighted by Gasteiger charge is -2.14. The molecule has 0 spiro atoms. The predicted octanol–water partition coefficient (Wildman–Crippen LogP) is 2.95. The minimum Gasteiger partial charge on any atom is -0.480 e. The molecule has 0 aliphatic carbocycles. The Morgan fingerprint density at radius 3 is 2.70 bits per heavy atom. The molecule has 0 aromatic heterocycles. The third-order valence-electron chi connectivity index (χ3n) is 3.10. The summed E-state index contributed by atoms with van der Waals surface area (Å²) < 4.78 is 0. The molecule has 1 aromatic carbocycles. The number of amides is 1. The molecule has 0 aliphatic rings. The summed E-state index contributed by atoms with van der Waals surface area (Å²) in [6.07, 6.45) is 2.20. The number of rotatable bonds is 7. The van der Waals surface area contributed by atoms with Crippen LogP contribution in [-0.2, 0) is 16.0 Å². The molecule has 0 bridgehead atoms. The zero-order valence-electron chi connectivity index (χ0n) is 11.8. The van der Waals surface area contributed by atoms with Crippen molar-refractivity contribution in [3.05, 3.63) is 34.3 Å². The van der Waals surface area contributed by atoms with E-state index in [0.717, 1.165) is 18.4 Å². The van der Waals surface area contributed by atoms with E-state index >= 15 is 0 Å². The average Bonchev–Trinajstić information content (AvgIpc) is 2.39. The second kappa shape index (κ2) is 7.90. The zero-order chi connectivity index (χ0) is 15.1. The second-order valence-electron chi connectivity index (χ2n) is 4.83. The molecule has 0 heterocycles. The number of carbonyl (C=O) groups excluding carboxylic acids is 1. The van der Waals surface area contributed by atoms with E-state index in [4.69, 9.17) is 16.7 Å². The summed E-state index contributed by atoms with van der Waals surface area (Å²) in [5.41, 5.74) is 1.61. The van der Waals surface area contributed by atoms with Crippen LogP contribution in [0, 0.1) is 6.92 Å². The van der Waals surface area contributed by atoms with Crippen LogP contribution in [0.4, 0.5) is 0 Å². The first-order chi connectivity index (χ1) is 9.45. The third-order valence-corrected chi connectivity index (χ3v) is 3.64. The Morgan fingerprint density at radius 1 is 1.40 bits per heavy atom. The van der Waals surface area contributed by atoms with Crippen LogP contribution in [0.3, 0.4) is 0 Å². The lowest BCUT2D eigenvalue weighted by atomic mass is 10.1. The van der Waals surface area contributed by atoms with Crippen LogP contribution < -0.4 is 5.32 Å². The Morgan fingerprint density at radius 2 is 2.10 bits per heavy atom. The molecule has 20 heavy (non-hydrogen) atoms. The van der Waals surface area contributed by atoms with Gasteiger partial charge >= 0.3 is 5.97 Å². The molecular formula is C15H20ClNO3. The lowest BCUT2D eigenvalue weighted by molar-refractivity contribution is -0.142. The largest absolute Gasteiger partial charge is 0.480 e. The molecule has 1 aromatic rings. The van der Waals surface area contributed by atoms with E-state index in [1.54, 1.807) is 6.07 Å². The number of carboxylic acids is 1. The molecule has 1 atom stereocenters. The van der Waals surface area contributed by atoms with Crippen molar-refractivity contribution < 1.29 is 14.7 Å². The molecule has 1 rings (SSSR count). The first-order valence-corrected chi connectivity index (χ1v) is 7.09. The van der Waals surface area contributed by atoms with Crippen LogP contribution in [0.1, 0.15) is 37.3 Å². The van der Waals surface area contributed by atoms with Gasteiger partial charge in [0.15, 0.2) is 0 Å². The minimum absolute atomic E-state index is 0.0937. The Kier molecular flexibility index (Phi) is 6.52. The molecule has 1 unspecified atom stereocenters. The molecule has 1 amide bonds. The van der Waals surface area contributed by atoms with Crippen molar-refractivity contribution in [1.29, 1.82) is 0 Å². The van der Waals surface area contributed by atoms with Crippen LogP contribution >= 0.6 is 11.6 Å². The van der Waals surface area contributed by atoms with Gasteiger partial charge in [-0.1, -0.05) is 49.6 Å². The summed E-state index contributed by atoms with van der Waals surface area (Å²) in [5.74, 6) is -1.32. The fourth-order valence-corrected chi connectivity index (χ4v) is 2.12. The summed E-state index contributed by atoms with van der Waals surface area (Å²) in [6, 6.07) is 4.64. The molecule has 5 heteroatoms. The first kappa shape index (κ1) is 16.5. The van der Waals surface area contributed by atoms with E-state index in [9.17, 15) is 9.59 Å². The van der Waals surface area contributed by atoms with Gasteiger partial charge in [-0.15, -0.1) is 0 Å². The zero-order valence-corrected chi connectivity index (χ0v) is 12.5. The Hall–Kier alpha value is -1.55. The summed E-state index contributed by atoms with van der Waals surface area (Å²) in [6.45, 7) is 3.85. The van der Waals surface area contributed by atoms with Gasteiger partial charge in [-0.25, -0.2) is 4.79 Å². The normalized spacial score (nSPS) is 11.9. The summed E-state index contributed by atoms with van der Waals surface area (Å²) in [7, 11) is 0. The van der Waals surface area contributed by atoms with Gasteiger partial charge in [0.2, 0.25) is 5.91 Å². The van der Waals surface area contributed by atoms with Crippen molar-refractivity contribution in [2.24, 2.45) is 0 Å². The predicted molar refractivity (Wildman–Crippen MR) is 79.0 cm³/mol. The van der Waals surface area contributed by atoms with Gasteiger partial charge in [-0.05, 0) is 24.5 Å². The van der Waals surface area contributed by atoms with Gasteiger partial charge in [0.05, 0.1) is 6.42 Å². The van der Waals surface area contributed by atoms with Gasteiger partial charge in [0.1, 0.15) is 6.04 Å². The van der Waals surface area contributed by atoms with E-state index in [2.05, 4.69) is 5.32 Å². The number of carbonyl (C=O) groups is 2. The molecule has 0 fully saturated rings. The smallest absolute Gasteiger partial charge is 0.326 e. The monoisotopic (exact) mass is 297 g/mol. The van der Waals surface area contributed by atoms with Crippen molar-refractivity contribution in [2.45, 2.75) is 45.6 Å². The topological polar surface area (TPSA) is 66.4 Å². The summed E-state index contributed by atoms with van der Waals surface area (Å²) >= 11 is 6.12. The molecule has 110 valence electrons. The third kappa shape index (κ3) is 4.85. The lowest BCUT2D eigenvalue weighted by Crippen LogP contribution is -2.41. The molecule has 0 aliphatic heterocycles. The Balaban J connectivity index is 2.66. The SMILES string of the molecule is CCCCC(NC(=O)Cc1cccc(C)c1Cl)C(=O)O. The fraction of sp³-hybridized carbons (Fsp3) is 0.467. The second-order valence-corrected chi connectivity index (χ2v) is 5.20. The van der Waals surface area contributed by atoms with Crippen LogP contribution in [-0.4, -0.2) is 23.0 Å². The fourth-order valence-electron chi connectivity index (χ4n) is 1.93. The standard InChI is InChI=1S/C15H20ClNO3/c1-3-4-8-12(15(19)20)17-13(18)9-11-7-5-6-10(2)14(11)16/h5-7,12H,3-4,8-9H2,1-2H3,(H,17,18)(H,19,20). The first-order valence-electron chi connectivity index (χ1n) is 6.71. The van der Waals surface area contributed by atoms with Crippen LogP contribution in [0.5, 0.6) is 0 Å². The maximum Gasteiger partial charge on any atom is 0.326 e. The molecule has 4 nitrogen and oxygen atoms in total. The summed E-state index contributed by atoms with van der Waals surface area (Å²) in [4.78, 5) is 23.0. The van der Waals surface area contributed by atoms with E-state index in [1.165, 1.54) is 0 Å². The Bertz CT molecular complexity index is 488. The molecule has 0 radical (unpaired) electrons. The highest BCUT2D eigenvalue weighted by Gasteiger charge is 2.19. The highest BCUT2D eigenvalue weighted by atomic mass is 35.5. The van der Waals surface area contributed by atoms with Crippen molar-refractivity contribution >= 4 is 23.5 Å². The van der Waals surface area contributed by atoms with Crippen LogP contribution in [0.2, 0.25) is 5.02 Å². The van der Waals surface area contributed by atoms with E-state index < -0.39 is 12.0 Å². The minimum atomic E-state index is -0.998. The number of aryl methyl sites for hydroxylation is 1. The highest BCUT2D eigenvalue weighted by molar-refractivity contribution is 6.32. The number of benzene rings is 1. The number of halogens is 1. The maximum atomic E-state index is 11.9. The number of unbranched alkanes of at least 4 members (excludes halogenated alkanes) is 1. The van der Waals surface area contributed by atoms with Crippen molar-refractivity contribution in [2.75, 3.05) is 0 Å². The van der Waals surface area contributed by atoms with Crippen molar-refractivity contribution in [1.82, 2.24) is 5.32 Å². The van der Waals surface area contributed by atoms with Gasteiger partial charge < -0.3 is 10.4 Å². The van der Waals surface area contributed by atoms with E-state index in [-0.39, 0.29) is 12.3 Å². The number of nitrogens with one attached hydrogen (secondary N) is 1. The molecular weight excluding hydrogens is 278 g/mol. The number of hydrogen-bond acceptors (Lipinski definition) is 2. The van der Waals surface area contributed by atoms with E-state index in [0.29, 0.717) is 17.0 Å². The number of carboxylic acid groups (broad SMARTS) is 1. The molecule has 2 N–H and O–H groups in total. The van der Waals surface area contributed by atoms with Gasteiger partial charge in [-0.3, -0.25) is 4.79 Å². The molecule has 0 saturated carbocycles. The van der Waals surface area contributed by atoms with Crippen LogP contribution in [0.25, 0.3) is 0 Å². The average molecular weight is 298 g/mol. The quantitative estimate of drug-likeness (QED) is 0.813.